The number of rotatable bonds is 4. The zero-order valence-corrected chi connectivity index (χ0v) is 12.7. The summed E-state index contributed by atoms with van der Waals surface area (Å²) in [7, 11) is 0. The minimum atomic E-state index is -0.391. The number of nitrogens with zero attached hydrogens (tertiary/aromatic N) is 2. The van der Waals surface area contributed by atoms with E-state index in [0.717, 1.165) is 35.9 Å². The predicted molar refractivity (Wildman–Crippen MR) is 78.8 cm³/mol. The summed E-state index contributed by atoms with van der Waals surface area (Å²) < 4.78 is 7.23. The van der Waals surface area contributed by atoms with Crippen LogP contribution in [0.15, 0.2) is 0 Å². The van der Waals surface area contributed by atoms with Gasteiger partial charge in [-0.25, -0.2) is 9.78 Å². The van der Waals surface area contributed by atoms with Crippen LogP contribution in [-0.4, -0.2) is 22.1 Å². The maximum atomic E-state index is 12.0. The molecule has 0 saturated heterocycles. The first-order valence-electron chi connectivity index (χ1n) is 8.21. The fourth-order valence-corrected chi connectivity index (χ4v) is 5.05. The van der Waals surface area contributed by atoms with Gasteiger partial charge in [0, 0.05) is 12.5 Å². The summed E-state index contributed by atoms with van der Waals surface area (Å²) in [4.78, 5) is 16.5. The van der Waals surface area contributed by atoms with Crippen molar-refractivity contribution in [3.05, 3.63) is 11.5 Å². The van der Waals surface area contributed by atoms with Crippen molar-refractivity contribution in [2.45, 2.75) is 45.6 Å². The molecule has 114 valence electrons. The summed E-state index contributed by atoms with van der Waals surface area (Å²) in [5, 5.41) is 0. The highest BCUT2D eigenvalue weighted by atomic mass is 16.5. The molecule has 0 aromatic carbocycles. The summed E-state index contributed by atoms with van der Waals surface area (Å²) in [5.41, 5.74) is 6.58. The summed E-state index contributed by atoms with van der Waals surface area (Å²) in [6.07, 6.45) is 4.97. The molecule has 4 atom stereocenters. The van der Waals surface area contributed by atoms with E-state index in [2.05, 4.69) is 16.5 Å². The summed E-state index contributed by atoms with van der Waals surface area (Å²) >= 11 is 0. The number of ether oxygens (including phenoxy) is 1. The van der Waals surface area contributed by atoms with Gasteiger partial charge in [-0.3, -0.25) is 0 Å². The van der Waals surface area contributed by atoms with Gasteiger partial charge in [0.15, 0.2) is 5.69 Å². The lowest BCUT2D eigenvalue weighted by Gasteiger charge is -2.14. The Kier molecular flexibility index (Phi) is 2.81. The van der Waals surface area contributed by atoms with Crippen molar-refractivity contribution in [3.63, 3.8) is 0 Å². The van der Waals surface area contributed by atoms with Crippen LogP contribution in [0.2, 0.25) is 0 Å². The first kappa shape index (κ1) is 13.2. The Morgan fingerprint density at radius 2 is 2.00 bits per heavy atom. The lowest BCUT2D eigenvalue weighted by Crippen LogP contribution is -2.12. The highest BCUT2D eigenvalue weighted by Gasteiger charge is 2.66. The third kappa shape index (κ3) is 1.69. The van der Waals surface area contributed by atoms with Gasteiger partial charge in [0.2, 0.25) is 0 Å². The highest BCUT2D eigenvalue weighted by Crippen LogP contribution is 2.72. The van der Waals surface area contributed by atoms with Crippen molar-refractivity contribution in [3.8, 4) is 0 Å². The van der Waals surface area contributed by atoms with E-state index in [9.17, 15) is 4.79 Å². The van der Waals surface area contributed by atoms with Gasteiger partial charge in [0.25, 0.3) is 0 Å². The van der Waals surface area contributed by atoms with Crippen LogP contribution in [0.25, 0.3) is 0 Å². The fourth-order valence-electron chi connectivity index (χ4n) is 5.05. The molecule has 3 aliphatic rings. The molecule has 3 fully saturated rings. The van der Waals surface area contributed by atoms with Crippen LogP contribution in [0, 0.1) is 23.7 Å². The standard InChI is InChI=1S/C16H23N3O2/c1-3-10-18-13(16(20)21-4-2)15(17)19(10)14-11-8-5-6-9(7-8)12(11)14/h8-9,11-12,14H,3-7,17H2,1-2H3. The Labute approximate surface area is 124 Å². The average Bonchev–Trinajstić information content (AvgIpc) is 2.81. The van der Waals surface area contributed by atoms with E-state index in [1.807, 2.05) is 0 Å². The van der Waals surface area contributed by atoms with Gasteiger partial charge in [-0.15, -0.1) is 0 Å². The molecule has 0 spiro atoms. The third-order valence-electron chi connectivity index (χ3n) is 5.80. The molecule has 2 N–H and O–H groups in total. The molecule has 1 aromatic rings. The van der Waals surface area contributed by atoms with Crippen LogP contribution in [0.5, 0.6) is 0 Å². The quantitative estimate of drug-likeness (QED) is 0.864. The van der Waals surface area contributed by atoms with Gasteiger partial charge in [0.1, 0.15) is 11.6 Å². The Balaban J connectivity index is 1.68. The molecule has 3 saturated carbocycles. The second kappa shape index (κ2) is 4.49. The Morgan fingerprint density at radius 3 is 2.57 bits per heavy atom. The molecule has 2 bridgehead atoms. The maximum absolute atomic E-state index is 12.0. The minimum absolute atomic E-state index is 0.311. The number of fused-ring (bicyclic) bond motifs is 5. The summed E-state index contributed by atoms with van der Waals surface area (Å²) in [6.45, 7) is 4.22. The van der Waals surface area contributed by atoms with Gasteiger partial charge >= 0.3 is 5.97 Å². The number of aromatic nitrogens is 2. The molecular weight excluding hydrogens is 266 g/mol. The molecule has 1 aromatic heterocycles. The zero-order valence-electron chi connectivity index (χ0n) is 12.7. The van der Waals surface area contributed by atoms with Crippen molar-refractivity contribution in [2.24, 2.45) is 23.7 Å². The van der Waals surface area contributed by atoms with Crippen molar-refractivity contribution < 1.29 is 9.53 Å². The van der Waals surface area contributed by atoms with Crippen molar-refractivity contribution in [1.29, 1.82) is 0 Å². The fraction of sp³-hybridized carbons (Fsp3) is 0.750. The lowest BCUT2D eigenvalue weighted by molar-refractivity contribution is 0.0521. The predicted octanol–water partition coefficient (Wildman–Crippen LogP) is 2.42. The number of anilines is 1. The Morgan fingerprint density at radius 1 is 1.33 bits per heavy atom. The van der Waals surface area contributed by atoms with Crippen LogP contribution in [-0.2, 0) is 11.2 Å². The van der Waals surface area contributed by atoms with Crippen LogP contribution < -0.4 is 5.73 Å². The summed E-state index contributed by atoms with van der Waals surface area (Å²) in [5.74, 6) is 4.38. The van der Waals surface area contributed by atoms with E-state index in [1.54, 1.807) is 6.92 Å². The molecule has 0 radical (unpaired) electrons. The lowest BCUT2D eigenvalue weighted by atomic mass is 10.0. The Hall–Kier alpha value is -1.52. The molecule has 4 rings (SSSR count). The normalized spacial score (nSPS) is 35.8. The second-order valence-electron chi connectivity index (χ2n) is 6.68. The number of aryl methyl sites for hydroxylation is 1. The first-order valence-corrected chi connectivity index (χ1v) is 8.21. The van der Waals surface area contributed by atoms with Crippen LogP contribution >= 0.6 is 0 Å². The van der Waals surface area contributed by atoms with E-state index in [1.165, 1.54) is 19.3 Å². The number of esters is 1. The molecule has 0 aliphatic heterocycles. The molecule has 3 aliphatic carbocycles. The second-order valence-corrected chi connectivity index (χ2v) is 6.68. The molecule has 5 heteroatoms. The summed E-state index contributed by atoms with van der Waals surface area (Å²) in [6, 6.07) is 0.488. The molecule has 4 unspecified atom stereocenters. The van der Waals surface area contributed by atoms with Gasteiger partial charge in [-0.2, -0.15) is 0 Å². The maximum Gasteiger partial charge on any atom is 0.360 e. The van der Waals surface area contributed by atoms with Gasteiger partial charge < -0.3 is 15.0 Å². The number of nitrogen functional groups attached to an aromatic ring is 1. The smallest absolute Gasteiger partial charge is 0.360 e. The third-order valence-corrected chi connectivity index (χ3v) is 5.80. The van der Waals surface area contributed by atoms with Crippen molar-refractivity contribution in [2.75, 3.05) is 12.3 Å². The van der Waals surface area contributed by atoms with E-state index < -0.39 is 5.97 Å². The van der Waals surface area contributed by atoms with Crippen molar-refractivity contribution >= 4 is 11.8 Å². The first-order chi connectivity index (χ1) is 10.2. The number of carbonyl (C=O) groups is 1. The van der Waals surface area contributed by atoms with E-state index in [4.69, 9.17) is 10.5 Å². The molecule has 5 nitrogen and oxygen atoms in total. The monoisotopic (exact) mass is 289 g/mol. The molecule has 1 heterocycles. The van der Waals surface area contributed by atoms with Gasteiger partial charge in [-0.05, 0) is 49.9 Å². The Bertz CT molecular complexity index is 579. The molecule has 0 amide bonds. The van der Waals surface area contributed by atoms with E-state index in [-0.39, 0.29) is 0 Å². The average molecular weight is 289 g/mol. The van der Waals surface area contributed by atoms with E-state index >= 15 is 0 Å². The minimum Gasteiger partial charge on any atom is -0.461 e. The number of imidazole rings is 1. The van der Waals surface area contributed by atoms with Gasteiger partial charge in [0.05, 0.1) is 6.61 Å². The number of carbonyl (C=O) groups excluding carboxylic acids is 1. The highest BCUT2D eigenvalue weighted by molar-refractivity contribution is 5.92. The molecule has 21 heavy (non-hydrogen) atoms. The van der Waals surface area contributed by atoms with Crippen LogP contribution in [0.1, 0.15) is 55.5 Å². The van der Waals surface area contributed by atoms with Gasteiger partial charge in [-0.1, -0.05) is 6.92 Å². The number of hydrogen-bond donors (Lipinski definition) is 1. The topological polar surface area (TPSA) is 70.1 Å². The zero-order chi connectivity index (χ0) is 14.7. The van der Waals surface area contributed by atoms with E-state index in [0.29, 0.717) is 24.2 Å². The van der Waals surface area contributed by atoms with Crippen molar-refractivity contribution in [1.82, 2.24) is 9.55 Å². The number of hydrogen-bond acceptors (Lipinski definition) is 4. The van der Waals surface area contributed by atoms with Crippen LogP contribution in [0.4, 0.5) is 5.82 Å². The number of nitrogens with two attached hydrogens (primary N) is 1. The molecular formula is C16H23N3O2. The largest absolute Gasteiger partial charge is 0.461 e. The SMILES string of the molecule is CCOC(=O)c1nc(CC)n(C2C3C4CCC(C4)C32)c1N. The van der Waals surface area contributed by atoms with Crippen LogP contribution in [0.3, 0.4) is 0 Å².